The average Bonchev–Trinajstić information content (AvgIpc) is 2.92. The largest absolute Gasteiger partial charge is 0.397 e. The number of nitrogens with one attached hydrogen (secondary N) is 1. The number of fused-ring (bicyclic) bond motifs is 1. The van der Waals surface area contributed by atoms with E-state index in [1.807, 2.05) is 37.3 Å². The maximum Gasteiger partial charge on any atom is 0.241 e. The fraction of sp³-hybridized carbons (Fsp3) is 0.235. The van der Waals surface area contributed by atoms with Crippen molar-refractivity contribution in [2.45, 2.75) is 26.1 Å². The first-order valence-electron chi connectivity index (χ1n) is 7.11. The van der Waals surface area contributed by atoms with Crippen LogP contribution in [0.5, 0.6) is 0 Å². The molecule has 0 radical (unpaired) electrons. The minimum absolute atomic E-state index is 0.0271. The lowest BCUT2D eigenvalue weighted by molar-refractivity contribution is -0.120. The number of amides is 1. The van der Waals surface area contributed by atoms with Gasteiger partial charge in [-0.3, -0.25) is 9.69 Å². The van der Waals surface area contributed by atoms with Crippen LogP contribution in [0.1, 0.15) is 18.1 Å². The van der Waals surface area contributed by atoms with Crippen molar-refractivity contribution in [3.63, 3.8) is 0 Å². The number of carbonyl (C=O) groups excluding carboxylic acids is 1. The van der Waals surface area contributed by atoms with Gasteiger partial charge in [0.15, 0.2) is 0 Å². The number of anilines is 2. The summed E-state index contributed by atoms with van der Waals surface area (Å²) in [5.41, 5.74) is 9.73. The Balaban J connectivity index is 1.68. The summed E-state index contributed by atoms with van der Waals surface area (Å²) in [6, 6.07) is 15.4. The Labute approximate surface area is 124 Å². The normalized spacial score (nSPS) is 15.5. The van der Waals surface area contributed by atoms with Crippen LogP contribution in [-0.4, -0.2) is 16.8 Å². The third kappa shape index (κ3) is 2.76. The molecule has 0 fully saturated rings. The molecule has 21 heavy (non-hydrogen) atoms. The lowest BCUT2D eigenvalue weighted by Gasteiger charge is -2.23. The van der Waals surface area contributed by atoms with Crippen molar-refractivity contribution in [2.75, 3.05) is 11.1 Å². The van der Waals surface area contributed by atoms with Crippen molar-refractivity contribution in [3.05, 3.63) is 59.7 Å². The van der Waals surface area contributed by atoms with Gasteiger partial charge in [0.25, 0.3) is 0 Å². The van der Waals surface area contributed by atoms with Gasteiger partial charge in [-0.05, 0) is 30.2 Å². The van der Waals surface area contributed by atoms with Gasteiger partial charge in [-0.15, -0.1) is 0 Å². The summed E-state index contributed by atoms with van der Waals surface area (Å²) >= 11 is 0. The van der Waals surface area contributed by atoms with E-state index in [4.69, 9.17) is 5.73 Å². The Kier molecular flexibility index (Phi) is 3.62. The zero-order chi connectivity index (χ0) is 14.8. The molecule has 0 aliphatic carbocycles. The van der Waals surface area contributed by atoms with Crippen molar-refractivity contribution in [1.82, 2.24) is 4.90 Å². The quantitative estimate of drug-likeness (QED) is 0.850. The van der Waals surface area contributed by atoms with Gasteiger partial charge in [0.2, 0.25) is 5.91 Å². The number of carbonyl (C=O) groups is 1. The fourth-order valence-electron chi connectivity index (χ4n) is 2.65. The fourth-order valence-corrected chi connectivity index (χ4v) is 2.65. The van der Waals surface area contributed by atoms with Crippen molar-refractivity contribution >= 4 is 17.3 Å². The number of benzene rings is 2. The standard InChI is InChI=1S/C17H19N3O/c1-12(17(21)19-16-9-5-4-8-15(16)18)20-10-13-6-2-3-7-14(13)11-20/h2-9,12H,10-11,18H2,1H3,(H,19,21). The topological polar surface area (TPSA) is 58.4 Å². The van der Waals surface area contributed by atoms with Gasteiger partial charge < -0.3 is 11.1 Å². The van der Waals surface area contributed by atoms with Crippen LogP contribution in [0.25, 0.3) is 0 Å². The van der Waals surface area contributed by atoms with E-state index in [1.54, 1.807) is 6.07 Å². The molecule has 3 N–H and O–H groups in total. The first-order valence-corrected chi connectivity index (χ1v) is 7.11. The van der Waals surface area contributed by atoms with Gasteiger partial charge in [0.05, 0.1) is 17.4 Å². The van der Waals surface area contributed by atoms with Gasteiger partial charge in [0.1, 0.15) is 0 Å². The summed E-state index contributed by atoms with van der Waals surface area (Å²) in [4.78, 5) is 14.6. The highest BCUT2D eigenvalue weighted by Crippen LogP contribution is 2.25. The molecule has 0 bridgehead atoms. The third-order valence-electron chi connectivity index (χ3n) is 4.01. The average molecular weight is 281 g/mol. The third-order valence-corrected chi connectivity index (χ3v) is 4.01. The molecule has 1 atom stereocenters. The Hall–Kier alpha value is -2.33. The number of nitrogens with zero attached hydrogens (tertiary/aromatic N) is 1. The summed E-state index contributed by atoms with van der Waals surface area (Å²) in [6.45, 7) is 3.56. The lowest BCUT2D eigenvalue weighted by atomic mass is 10.1. The van der Waals surface area contributed by atoms with Crippen LogP contribution in [0, 0.1) is 0 Å². The monoisotopic (exact) mass is 281 g/mol. The number of para-hydroxylation sites is 2. The van der Waals surface area contributed by atoms with Crippen LogP contribution in [0.4, 0.5) is 11.4 Å². The molecule has 3 rings (SSSR count). The van der Waals surface area contributed by atoms with Gasteiger partial charge in [-0.2, -0.15) is 0 Å². The molecule has 0 saturated heterocycles. The molecule has 1 heterocycles. The van der Waals surface area contributed by atoms with Crippen LogP contribution >= 0.6 is 0 Å². The Morgan fingerprint density at radius 3 is 2.29 bits per heavy atom. The van der Waals surface area contributed by atoms with Gasteiger partial charge >= 0.3 is 0 Å². The van der Waals surface area contributed by atoms with Crippen LogP contribution in [0.3, 0.4) is 0 Å². The van der Waals surface area contributed by atoms with Gasteiger partial charge in [-0.25, -0.2) is 0 Å². The lowest BCUT2D eigenvalue weighted by Crippen LogP contribution is -2.38. The number of rotatable bonds is 3. The van der Waals surface area contributed by atoms with Crippen LogP contribution < -0.4 is 11.1 Å². The molecule has 1 aliphatic rings. The molecule has 4 heteroatoms. The van der Waals surface area contributed by atoms with E-state index in [0.717, 1.165) is 13.1 Å². The van der Waals surface area contributed by atoms with Crippen molar-refractivity contribution < 1.29 is 4.79 Å². The van der Waals surface area contributed by atoms with Crippen molar-refractivity contribution in [1.29, 1.82) is 0 Å². The minimum atomic E-state index is -0.197. The molecule has 0 aromatic heterocycles. The molecule has 2 aromatic rings. The second kappa shape index (κ2) is 5.58. The van der Waals surface area contributed by atoms with Crippen molar-refractivity contribution in [3.8, 4) is 0 Å². The molecule has 1 unspecified atom stereocenters. The van der Waals surface area contributed by atoms with Crippen LogP contribution in [0.2, 0.25) is 0 Å². The predicted octanol–water partition coefficient (Wildman–Crippen LogP) is 2.61. The highest BCUT2D eigenvalue weighted by atomic mass is 16.2. The SMILES string of the molecule is CC(C(=O)Nc1ccccc1N)N1Cc2ccccc2C1. The maximum atomic E-state index is 12.4. The minimum Gasteiger partial charge on any atom is -0.397 e. The van der Waals surface area contributed by atoms with Crippen LogP contribution in [0.15, 0.2) is 48.5 Å². The first-order chi connectivity index (χ1) is 10.1. The predicted molar refractivity (Wildman–Crippen MR) is 84.6 cm³/mol. The summed E-state index contributed by atoms with van der Waals surface area (Å²) in [7, 11) is 0. The second-order valence-electron chi connectivity index (χ2n) is 5.43. The molecular formula is C17H19N3O. The first kappa shape index (κ1) is 13.6. The van der Waals surface area contributed by atoms with Gasteiger partial charge in [0, 0.05) is 13.1 Å². The zero-order valence-corrected chi connectivity index (χ0v) is 12.0. The van der Waals surface area contributed by atoms with Gasteiger partial charge in [-0.1, -0.05) is 36.4 Å². The smallest absolute Gasteiger partial charge is 0.241 e. The van der Waals surface area contributed by atoms with Crippen molar-refractivity contribution in [2.24, 2.45) is 0 Å². The number of hydrogen-bond acceptors (Lipinski definition) is 3. The number of nitrogens with two attached hydrogens (primary N) is 1. The van der Waals surface area contributed by atoms with E-state index in [2.05, 4.69) is 22.3 Å². The molecule has 108 valence electrons. The highest BCUT2D eigenvalue weighted by molar-refractivity contribution is 5.97. The maximum absolute atomic E-state index is 12.4. The summed E-state index contributed by atoms with van der Waals surface area (Å²) in [5, 5.41) is 2.91. The molecule has 0 saturated carbocycles. The van der Waals surface area contributed by atoms with E-state index < -0.39 is 0 Å². The molecular weight excluding hydrogens is 262 g/mol. The highest BCUT2D eigenvalue weighted by Gasteiger charge is 2.27. The summed E-state index contributed by atoms with van der Waals surface area (Å²) < 4.78 is 0. The van der Waals surface area contributed by atoms with Crippen LogP contribution in [-0.2, 0) is 17.9 Å². The molecule has 1 amide bonds. The Morgan fingerprint density at radius 2 is 1.67 bits per heavy atom. The molecule has 1 aliphatic heterocycles. The zero-order valence-electron chi connectivity index (χ0n) is 12.0. The molecule has 4 nitrogen and oxygen atoms in total. The van der Waals surface area contributed by atoms with E-state index in [1.165, 1.54) is 11.1 Å². The molecule has 2 aromatic carbocycles. The molecule has 0 spiro atoms. The Morgan fingerprint density at radius 1 is 1.10 bits per heavy atom. The van der Waals surface area contributed by atoms with E-state index in [-0.39, 0.29) is 11.9 Å². The van der Waals surface area contributed by atoms with E-state index in [0.29, 0.717) is 11.4 Å². The van der Waals surface area contributed by atoms with E-state index >= 15 is 0 Å². The summed E-state index contributed by atoms with van der Waals surface area (Å²) in [6.07, 6.45) is 0. The second-order valence-corrected chi connectivity index (χ2v) is 5.43. The number of nitrogen functional groups attached to an aromatic ring is 1. The number of hydrogen-bond donors (Lipinski definition) is 2. The summed E-state index contributed by atoms with van der Waals surface area (Å²) in [5.74, 6) is -0.0271. The van der Waals surface area contributed by atoms with E-state index in [9.17, 15) is 4.79 Å². The Bertz CT molecular complexity index is 644.